The number of benzene rings is 2. The van der Waals surface area contributed by atoms with Crippen LogP contribution in [0.4, 0.5) is 5.69 Å². The highest BCUT2D eigenvalue weighted by atomic mass is 79.9. The summed E-state index contributed by atoms with van der Waals surface area (Å²) in [5.74, 6) is 0. The Morgan fingerprint density at radius 1 is 1.15 bits per heavy atom. The summed E-state index contributed by atoms with van der Waals surface area (Å²) >= 11 is 3.27. The fraction of sp³-hybridized carbons (Fsp3) is 0.0667. The standard InChI is InChI=1S/C15H11BrN2O2/c1-9-2-4-11-13(8-17-14(11)6-9)12-5-3-10(16)7-15(12)18(19)20/h2-8,17H,1H3. The molecule has 3 rings (SSSR count). The van der Waals surface area contributed by atoms with E-state index in [1.807, 2.05) is 37.4 Å². The number of H-pyrrole nitrogens is 1. The molecule has 4 nitrogen and oxygen atoms in total. The molecule has 0 bridgehead atoms. The van der Waals surface area contributed by atoms with Crippen molar-refractivity contribution in [3.63, 3.8) is 0 Å². The molecule has 0 atom stereocenters. The topological polar surface area (TPSA) is 58.9 Å². The number of nitrogens with zero attached hydrogens (tertiary/aromatic N) is 1. The maximum Gasteiger partial charge on any atom is 0.278 e. The van der Waals surface area contributed by atoms with Crippen LogP contribution in [0.25, 0.3) is 22.0 Å². The van der Waals surface area contributed by atoms with Crippen molar-refractivity contribution in [3.8, 4) is 11.1 Å². The lowest BCUT2D eigenvalue weighted by atomic mass is 10.0. The van der Waals surface area contributed by atoms with Crippen molar-refractivity contribution >= 4 is 32.5 Å². The number of rotatable bonds is 2. The van der Waals surface area contributed by atoms with Crippen molar-refractivity contribution in [2.45, 2.75) is 6.92 Å². The van der Waals surface area contributed by atoms with Crippen molar-refractivity contribution < 1.29 is 4.92 Å². The van der Waals surface area contributed by atoms with Gasteiger partial charge in [0.1, 0.15) is 0 Å². The predicted molar refractivity (Wildman–Crippen MR) is 82.8 cm³/mol. The molecule has 3 aromatic rings. The first kappa shape index (κ1) is 12.9. The van der Waals surface area contributed by atoms with E-state index in [4.69, 9.17) is 0 Å². The van der Waals surface area contributed by atoms with Gasteiger partial charge < -0.3 is 4.98 Å². The van der Waals surface area contributed by atoms with E-state index in [-0.39, 0.29) is 10.6 Å². The fourth-order valence-corrected chi connectivity index (χ4v) is 2.70. The minimum atomic E-state index is -0.354. The van der Waals surface area contributed by atoms with E-state index in [1.54, 1.807) is 6.07 Å². The lowest BCUT2D eigenvalue weighted by Crippen LogP contribution is -1.91. The minimum Gasteiger partial charge on any atom is -0.361 e. The summed E-state index contributed by atoms with van der Waals surface area (Å²) in [4.78, 5) is 14.1. The molecule has 2 aromatic carbocycles. The Labute approximate surface area is 123 Å². The first-order chi connectivity index (χ1) is 9.56. The predicted octanol–water partition coefficient (Wildman–Crippen LogP) is 4.81. The molecule has 0 saturated heterocycles. The van der Waals surface area contributed by atoms with E-state index in [0.29, 0.717) is 10.0 Å². The van der Waals surface area contributed by atoms with Crippen LogP contribution in [0.1, 0.15) is 5.56 Å². The average Bonchev–Trinajstić information content (AvgIpc) is 2.81. The molecule has 1 N–H and O–H groups in total. The van der Waals surface area contributed by atoms with Crippen LogP contribution in [0.2, 0.25) is 0 Å². The zero-order chi connectivity index (χ0) is 14.3. The Bertz CT molecular complexity index is 824. The van der Waals surface area contributed by atoms with Crippen LogP contribution in [0.5, 0.6) is 0 Å². The summed E-state index contributed by atoms with van der Waals surface area (Å²) in [6.45, 7) is 2.02. The molecule has 0 aliphatic rings. The minimum absolute atomic E-state index is 0.0980. The van der Waals surface area contributed by atoms with Crippen LogP contribution in [0, 0.1) is 17.0 Å². The third-order valence-electron chi connectivity index (χ3n) is 3.28. The van der Waals surface area contributed by atoms with Crippen molar-refractivity contribution in [3.05, 3.63) is 62.7 Å². The van der Waals surface area contributed by atoms with Crippen LogP contribution in [-0.2, 0) is 0 Å². The second-order valence-electron chi connectivity index (χ2n) is 4.67. The molecule has 20 heavy (non-hydrogen) atoms. The first-order valence-corrected chi connectivity index (χ1v) is 6.87. The molecule has 0 aliphatic heterocycles. The van der Waals surface area contributed by atoms with Gasteiger partial charge in [-0.25, -0.2) is 0 Å². The van der Waals surface area contributed by atoms with E-state index in [2.05, 4.69) is 20.9 Å². The molecular weight excluding hydrogens is 320 g/mol. The van der Waals surface area contributed by atoms with Gasteiger partial charge >= 0.3 is 0 Å². The molecule has 1 aromatic heterocycles. The number of aromatic amines is 1. The monoisotopic (exact) mass is 330 g/mol. The third-order valence-corrected chi connectivity index (χ3v) is 3.78. The molecule has 100 valence electrons. The number of nitro benzene ring substituents is 1. The molecule has 0 aliphatic carbocycles. The lowest BCUT2D eigenvalue weighted by Gasteiger charge is -2.03. The molecule has 0 amide bonds. The van der Waals surface area contributed by atoms with Crippen molar-refractivity contribution in [2.75, 3.05) is 0 Å². The molecule has 5 heteroatoms. The summed E-state index contributed by atoms with van der Waals surface area (Å²) in [5, 5.41) is 12.2. The quantitative estimate of drug-likeness (QED) is 0.541. The Morgan fingerprint density at radius 3 is 2.70 bits per heavy atom. The SMILES string of the molecule is Cc1ccc2c(-c3ccc(Br)cc3[N+](=O)[O-])c[nH]c2c1. The summed E-state index contributed by atoms with van der Waals surface area (Å²) in [6, 6.07) is 11.1. The molecule has 0 saturated carbocycles. The number of halogens is 1. The van der Waals surface area contributed by atoms with E-state index < -0.39 is 0 Å². The van der Waals surface area contributed by atoms with E-state index in [0.717, 1.165) is 22.0 Å². The fourth-order valence-electron chi connectivity index (χ4n) is 2.35. The van der Waals surface area contributed by atoms with E-state index in [1.165, 1.54) is 6.07 Å². The van der Waals surface area contributed by atoms with Crippen LogP contribution < -0.4 is 0 Å². The Hall–Kier alpha value is -2.14. The number of nitro groups is 1. The van der Waals surface area contributed by atoms with Gasteiger partial charge in [-0.2, -0.15) is 0 Å². The van der Waals surface area contributed by atoms with Gasteiger partial charge in [0.2, 0.25) is 0 Å². The molecule has 1 heterocycles. The second kappa shape index (κ2) is 4.76. The summed E-state index contributed by atoms with van der Waals surface area (Å²) in [7, 11) is 0. The summed E-state index contributed by atoms with van der Waals surface area (Å²) < 4.78 is 0.698. The molecule has 0 fully saturated rings. The number of nitrogens with one attached hydrogen (secondary N) is 1. The Morgan fingerprint density at radius 2 is 1.95 bits per heavy atom. The van der Waals surface area contributed by atoms with Gasteiger partial charge in [-0.3, -0.25) is 10.1 Å². The summed E-state index contributed by atoms with van der Waals surface area (Å²) in [6.07, 6.45) is 1.82. The van der Waals surface area contributed by atoms with Gasteiger partial charge in [0, 0.05) is 33.2 Å². The van der Waals surface area contributed by atoms with E-state index >= 15 is 0 Å². The number of hydrogen-bond acceptors (Lipinski definition) is 2. The molecular formula is C15H11BrN2O2. The Balaban J connectivity index is 2.28. The highest BCUT2D eigenvalue weighted by Crippen LogP contribution is 2.36. The van der Waals surface area contributed by atoms with Gasteiger partial charge in [0.15, 0.2) is 0 Å². The molecule has 0 unspecified atom stereocenters. The smallest absolute Gasteiger partial charge is 0.278 e. The highest BCUT2D eigenvalue weighted by Gasteiger charge is 2.18. The second-order valence-corrected chi connectivity index (χ2v) is 5.59. The maximum atomic E-state index is 11.2. The largest absolute Gasteiger partial charge is 0.361 e. The zero-order valence-corrected chi connectivity index (χ0v) is 12.3. The van der Waals surface area contributed by atoms with E-state index in [9.17, 15) is 10.1 Å². The number of fused-ring (bicyclic) bond motifs is 1. The van der Waals surface area contributed by atoms with Gasteiger partial charge in [-0.15, -0.1) is 0 Å². The normalized spacial score (nSPS) is 10.9. The van der Waals surface area contributed by atoms with Crippen molar-refractivity contribution in [1.82, 2.24) is 4.98 Å². The maximum absolute atomic E-state index is 11.2. The van der Waals surface area contributed by atoms with Gasteiger partial charge in [0.25, 0.3) is 5.69 Å². The molecule has 0 spiro atoms. The van der Waals surface area contributed by atoms with Gasteiger partial charge in [0.05, 0.1) is 10.5 Å². The summed E-state index contributed by atoms with van der Waals surface area (Å²) in [5.41, 5.74) is 3.70. The Kier molecular flexibility index (Phi) is 3.06. The number of aromatic nitrogens is 1. The van der Waals surface area contributed by atoms with Crippen molar-refractivity contribution in [2.24, 2.45) is 0 Å². The highest BCUT2D eigenvalue weighted by molar-refractivity contribution is 9.10. The van der Waals surface area contributed by atoms with Crippen LogP contribution in [-0.4, -0.2) is 9.91 Å². The third kappa shape index (κ3) is 2.10. The first-order valence-electron chi connectivity index (χ1n) is 6.08. The zero-order valence-electron chi connectivity index (χ0n) is 10.7. The van der Waals surface area contributed by atoms with Gasteiger partial charge in [-0.05, 0) is 30.7 Å². The number of aryl methyl sites for hydroxylation is 1. The van der Waals surface area contributed by atoms with Crippen LogP contribution in [0.15, 0.2) is 47.1 Å². The van der Waals surface area contributed by atoms with Crippen LogP contribution in [0.3, 0.4) is 0 Å². The average molecular weight is 331 g/mol. The van der Waals surface area contributed by atoms with Crippen molar-refractivity contribution in [1.29, 1.82) is 0 Å². The lowest BCUT2D eigenvalue weighted by molar-refractivity contribution is -0.384. The van der Waals surface area contributed by atoms with Crippen LogP contribution >= 0.6 is 15.9 Å². The van der Waals surface area contributed by atoms with Gasteiger partial charge in [-0.1, -0.05) is 28.1 Å². The molecule has 0 radical (unpaired) electrons. The number of hydrogen-bond donors (Lipinski definition) is 1.